The van der Waals surface area contributed by atoms with E-state index in [1.54, 1.807) is 14.0 Å². The molecular formula is C15H22N2O5S2. The number of hydrogen-bond acceptors (Lipinski definition) is 5. The molecule has 7 nitrogen and oxygen atoms in total. The summed E-state index contributed by atoms with van der Waals surface area (Å²) in [5.74, 6) is -0.431. The topological polar surface area (TPSA) is 91.8 Å². The van der Waals surface area contributed by atoms with E-state index in [1.165, 1.54) is 43.3 Å². The van der Waals surface area contributed by atoms with Gasteiger partial charge in [-0.3, -0.25) is 4.79 Å². The number of sulfonamides is 1. The van der Waals surface area contributed by atoms with Gasteiger partial charge >= 0.3 is 0 Å². The fourth-order valence-corrected chi connectivity index (χ4v) is 5.83. The van der Waals surface area contributed by atoms with Gasteiger partial charge in [-0.2, -0.15) is 0 Å². The molecule has 0 saturated carbocycles. The molecule has 1 saturated heterocycles. The third kappa shape index (κ3) is 3.47. The van der Waals surface area contributed by atoms with Crippen LogP contribution in [0.4, 0.5) is 0 Å². The van der Waals surface area contributed by atoms with Gasteiger partial charge in [0.25, 0.3) is 5.91 Å². The van der Waals surface area contributed by atoms with Crippen LogP contribution in [0.1, 0.15) is 23.7 Å². The summed E-state index contributed by atoms with van der Waals surface area (Å²) < 4.78 is 49.0. The van der Waals surface area contributed by atoms with Crippen molar-refractivity contribution in [3.05, 3.63) is 29.8 Å². The van der Waals surface area contributed by atoms with Gasteiger partial charge < -0.3 is 4.90 Å². The normalized spacial score (nSPS) is 23.4. The molecule has 1 unspecified atom stereocenters. The molecule has 0 N–H and O–H groups in total. The number of hydrogen-bond donors (Lipinski definition) is 0. The molecule has 1 aliphatic rings. The lowest BCUT2D eigenvalue weighted by Crippen LogP contribution is -2.48. The zero-order chi connectivity index (χ0) is 18.3. The third-order valence-corrected chi connectivity index (χ3v) is 8.16. The number of carbonyl (C=O) groups excluding carboxylic acids is 1. The number of carbonyl (C=O) groups is 1. The summed E-state index contributed by atoms with van der Waals surface area (Å²) >= 11 is 0. The van der Waals surface area contributed by atoms with Gasteiger partial charge in [0.05, 0.1) is 21.9 Å². The predicted octanol–water partition coefficient (Wildman–Crippen LogP) is 0.586. The van der Waals surface area contributed by atoms with Crippen molar-refractivity contribution >= 4 is 25.8 Å². The Morgan fingerprint density at radius 3 is 2.33 bits per heavy atom. The van der Waals surface area contributed by atoms with E-state index in [2.05, 4.69) is 0 Å². The first-order valence-corrected chi connectivity index (χ1v) is 10.7. The Morgan fingerprint density at radius 1 is 1.21 bits per heavy atom. The van der Waals surface area contributed by atoms with Gasteiger partial charge in [0.15, 0.2) is 9.84 Å². The first-order valence-electron chi connectivity index (χ1n) is 7.40. The zero-order valence-electron chi connectivity index (χ0n) is 14.2. The van der Waals surface area contributed by atoms with Gasteiger partial charge in [-0.1, -0.05) is 6.07 Å². The molecule has 9 heteroatoms. The number of amides is 1. The van der Waals surface area contributed by atoms with Crippen molar-refractivity contribution in [2.45, 2.75) is 23.8 Å². The fourth-order valence-electron chi connectivity index (χ4n) is 2.70. The molecular weight excluding hydrogens is 352 g/mol. The second kappa shape index (κ2) is 6.12. The molecule has 1 aliphatic heterocycles. The molecule has 2 rings (SSSR count). The van der Waals surface area contributed by atoms with Crippen molar-refractivity contribution in [3.63, 3.8) is 0 Å². The Balaban J connectivity index is 2.34. The predicted molar refractivity (Wildman–Crippen MR) is 91.1 cm³/mol. The van der Waals surface area contributed by atoms with Crippen LogP contribution in [-0.2, 0) is 19.9 Å². The van der Waals surface area contributed by atoms with Crippen LogP contribution in [-0.4, -0.2) is 70.1 Å². The molecule has 0 bridgehead atoms. The van der Waals surface area contributed by atoms with Gasteiger partial charge in [-0.05, 0) is 31.5 Å². The van der Waals surface area contributed by atoms with Crippen LogP contribution in [0.3, 0.4) is 0 Å². The molecule has 1 fully saturated rings. The van der Waals surface area contributed by atoms with Crippen molar-refractivity contribution in [1.29, 1.82) is 0 Å². The molecule has 0 aromatic heterocycles. The van der Waals surface area contributed by atoms with Crippen LogP contribution in [0.2, 0.25) is 0 Å². The maximum atomic E-state index is 12.7. The number of sulfone groups is 1. The lowest BCUT2D eigenvalue weighted by molar-refractivity contribution is 0.0638. The maximum Gasteiger partial charge on any atom is 0.254 e. The molecule has 1 aromatic rings. The quantitative estimate of drug-likeness (QED) is 0.769. The van der Waals surface area contributed by atoms with Crippen molar-refractivity contribution in [3.8, 4) is 0 Å². The zero-order valence-corrected chi connectivity index (χ0v) is 15.8. The standard InChI is InChI=1S/C15H22N2O5S2/c1-15(8-9-23(19,20)11-15)17(4)14(18)12-6-5-7-13(10-12)24(21,22)16(2)3/h5-7,10H,8-9,11H2,1-4H3. The minimum atomic E-state index is -3.64. The van der Waals surface area contributed by atoms with Gasteiger partial charge in [-0.25, -0.2) is 21.1 Å². The summed E-state index contributed by atoms with van der Waals surface area (Å²) in [5, 5.41) is 0. The smallest absolute Gasteiger partial charge is 0.254 e. The Morgan fingerprint density at radius 2 is 1.83 bits per heavy atom. The Labute approximate surface area is 143 Å². The Hall–Kier alpha value is -1.45. The Kier molecular flexibility index (Phi) is 4.82. The van der Waals surface area contributed by atoms with E-state index in [9.17, 15) is 21.6 Å². The monoisotopic (exact) mass is 374 g/mol. The van der Waals surface area contributed by atoms with Gasteiger partial charge in [0, 0.05) is 26.7 Å². The molecule has 1 heterocycles. The minimum Gasteiger partial charge on any atom is -0.335 e. The molecule has 0 aliphatic carbocycles. The van der Waals surface area contributed by atoms with E-state index in [1.807, 2.05) is 0 Å². The van der Waals surface area contributed by atoms with Crippen molar-refractivity contribution in [2.24, 2.45) is 0 Å². The second-order valence-electron chi connectivity index (χ2n) is 6.52. The van der Waals surface area contributed by atoms with Crippen LogP contribution in [0.15, 0.2) is 29.2 Å². The average molecular weight is 374 g/mol. The molecule has 24 heavy (non-hydrogen) atoms. The molecule has 1 amide bonds. The van der Waals surface area contributed by atoms with Gasteiger partial charge in [0.1, 0.15) is 0 Å². The van der Waals surface area contributed by atoms with E-state index in [0.29, 0.717) is 6.42 Å². The highest BCUT2D eigenvalue weighted by Crippen LogP contribution is 2.30. The maximum absolute atomic E-state index is 12.7. The summed E-state index contributed by atoms with van der Waals surface area (Å²) in [6, 6.07) is 5.78. The van der Waals surface area contributed by atoms with Crippen LogP contribution < -0.4 is 0 Å². The van der Waals surface area contributed by atoms with E-state index < -0.39 is 31.3 Å². The van der Waals surface area contributed by atoms with Crippen LogP contribution in [0, 0.1) is 0 Å². The SMILES string of the molecule is CN(C(=O)c1cccc(S(=O)(=O)N(C)C)c1)C1(C)CCS(=O)(=O)C1. The second-order valence-corrected chi connectivity index (χ2v) is 10.9. The van der Waals surface area contributed by atoms with E-state index in [0.717, 1.165) is 4.31 Å². The highest BCUT2D eigenvalue weighted by Gasteiger charge is 2.43. The summed E-state index contributed by atoms with van der Waals surface area (Å²) in [6.45, 7) is 1.73. The third-order valence-electron chi connectivity index (χ3n) is 4.46. The van der Waals surface area contributed by atoms with Crippen molar-refractivity contribution in [2.75, 3.05) is 32.6 Å². The molecule has 0 spiro atoms. The molecule has 1 atom stereocenters. The van der Waals surface area contributed by atoms with Crippen LogP contribution in [0.5, 0.6) is 0 Å². The van der Waals surface area contributed by atoms with Gasteiger partial charge in [0.2, 0.25) is 10.0 Å². The average Bonchev–Trinajstić information content (AvgIpc) is 2.80. The lowest BCUT2D eigenvalue weighted by atomic mass is 9.99. The highest BCUT2D eigenvalue weighted by molar-refractivity contribution is 7.91. The van der Waals surface area contributed by atoms with Crippen LogP contribution >= 0.6 is 0 Å². The largest absolute Gasteiger partial charge is 0.335 e. The van der Waals surface area contributed by atoms with Crippen LogP contribution in [0.25, 0.3) is 0 Å². The van der Waals surface area contributed by atoms with Gasteiger partial charge in [-0.15, -0.1) is 0 Å². The summed E-state index contributed by atoms with van der Waals surface area (Å²) in [4.78, 5) is 14.1. The Bertz CT molecular complexity index is 862. The lowest BCUT2D eigenvalue weighted by Gasteiger charge is -2.34. The van der Waals surface area contributed by atoms with E-state index >= 15 is 0 Å². The summed E-state index contributed by atoms with van der Waals surface area (Å²) in [6.07, 6.45) is 0.368. The van der Waals surface area contributed by atoms with E-state index in [4.69, 9.17) is 0 Å². The minimum absolute atomic E-state index is 0.0240. The first-order chi connectivity index (χ1) is 10.9. The highest BCUT2D eigenvalue weighted by atomic mass is 32.2. The number of rotatable bonds is 4. The van der Waals surface area contributed by atoms with E-state index in [-0.39, 0.29) is 22.0 Å². The number of nitrogens with zero attached hydrogens (tertiary/aromatic N) is 2. The number of benzene rings is 1. The molecule has 1 aromatic carbocycles. The van der Waals surface area contributed by atoms with Crippen molar-refractivity contribution in [1.82, 2.24) is 9.21 Å². The summed E-state index contributed by atoms with van der Waals surface area (Å²) in [5.41, 5.74) is -0.572. The summed E-state index contributed by atoms with van der Waals surface area (Å²) in [7, 11) is -2.41. The molecule has 0 radical (unpaired) electrons. The first kappa shape index (κ1) is 18.9. The molecule has 134 valence electrons. The fraction of sp³-hybridized carbons (Fsp3) is 0.533. The van der Waals surface area contributed by atoms with Crippen molar-refractivity contribution < 1.29 is 21.6 Å².